The highest BCUT2D eigenvalue weighted by Gasteiger charge is 1.97. The molecule has 1 amide bonds. The van der Waals surface area contributed by atoms with E-state index in [1.54, 1.807) is 0 Å². The van der Waals surface area contributed by atoms with E-state index in [1.807, 2.05) is 6.92 Å². The number of rotatable bonds is 5. The summed E-state index contributed by atoms with van der Waals surface area (Å²) in [5.74, 6) is 0. The van der Waals surface area contributed by atoms with Gasteiger partial charge < -0.3 is 10.1 Å². The molecular weight excluding hydrogens is 146 g/mol. The molecule has 0 radical (unpaired) electrons. The Hall–Kier alpha value is -1.06. The zero-order valence-electron chi connectivity index (χ0n) is 6.63. The highest BCUT2D eigenvalue weighted by molar-refractivity contribution is 5.69. The van der Waals surface area contributed by atoms with E-state index in [0.29, 0.717) is 12.8 Å². The van der Waals surface area contributed by atoms with Crippen molar-refractivity contribution >= 4 is 12.4 Å². The molecule has 0 atom stereocenters. The van der Waals surface area contributed by atoms with Crippen LogP contribution < -0.4 is 5.32 Å². The van der Waals surface area contributed by atoms with E-state index in [0.717, 1.165) is 12.8 Å². The van der Waals surface area contributed by atoms with Gasteiger partial charge in [0.15, 0.2) is 6.29 Å². The van der Waals surface area contributed by atoms with E-state index in [2.05, 4.69) is 10.1 Å². The smallest absolute Gasteiger partial charge is 0.407 e. The molecule has 64 valence electrons. The van der Waals surface area contributed by atoms with Crippen molar-refractivity contribution in [3.05, 3.63) is 0 Å². The van der Waals surface area contributed by atoms with Gasteiger partial charge in [-0.25, -0.2) is 4.79 Å². The molecule has 0 aliphatic rings. The molecule has 0 bridgehead atoms. The first-order chi connectivity index (χ1) is 5.31. The molecule has 0 fully saturated rings. The van der Waals surface area contributed by atoms with Crippen LogP contribution in [0.2, 0.25) is 0 Å². The minimum atomic E-state index is -0.523. The SMILES string of the molecule is CCCCNC(=O)OCC=O. The van der Waals surface area contributed by atoms with Crippen LogP contribution in [-0.4, -0.2) is 25.5 Å². The summed E-state index contributed by atoms with van der Waals surface area (Å²) in [7, 11) is 0. The fourth-order valence-corrected chi connectivity index (χ4v) is 0.528. The van der Waals surface area contributed by atoms with Crippen LogP contribution in [0.15, 0.2) is 0 Å². The van der Waals surface area contributed by atoms with Gasteiger partial charge in [0.1, 0.15) is 6.61 Å². The Labute approximate surface area is 65.9 Å². The largest absolute Gasteiger partial charge is 0.442 e. The van der Waals surface area contributed by atoms with Crippen molar-refractivity contribution in [1.82, 2.24) is 5.32 Å². The average Bonchev–Trinajstić information content (AvgIpc) is 2.01. The molecule has 0 aliphatic heterocycles. The van der Waals surface area contributed by atoms with E-state index >= 15 is 0 Å². The number of carbonyl (C=O) groups is 2. The Morgan fingerprint density at radius 1 is 1.64 bits per heavy atom. The van der Waals surface area contributed by atoms with E-state index in [4.69, 9.17) is 0 Å². The number of unbranched alkanes of at least 4 members (excludes halogenated alkanes) is 1. The predicted molar refractivity (Wildman–Crippen MR) is 40.3 cm³/mol. The van der Waals surface area contributed by atoms with Crippen LogP contribution in [0, 0.1) is 0 Å². The van der Waals surface area contributed by atoms with Crippen molar-refractivity contribution in [3.8, 4) is 0 Å². The van der Waals surface area contributed by atoms with Crippen molar-refractivity contribution in [2.45, 2.75) is 19.8 Å². The molecule has 0 aromatic heterocycles. The Morgan fingerprint density at radius 3 is 2.91 bits per heavy atom. The molecule has 4 heteroatoms. The maximum absolute atomic E-state index is 10.6. The van der Waals surface area contributed by atoms with Gasteiger partial charge in [0, 0.05) is 6.54 Å². The van der Waals surface area contributed by atoms with Gasteiger partial charge in [-0.1, -0.05) is 13.3 Å². The fraction of sp³-hybridized carbons (Fsp3) is 0.714. The van der Waals surface area contributed by atoms with Gasteiger partial charge in [-0.05, 0) is 6.42 Å². The maximum Gasteiger partial charge on any atom is 0.407 e. The lowest BCUT2D eigenvalue weighted by Gasteiger charge is -2.02. The standard InChI is InChI=1S/C7H13NO3/c1-2-3-4-8-7(10)11-6-5-9/h5H,2-4,6H2,1H3,(H,8,10). The molecule has 11 heavy (non-hydrogen) atoms. The molecule has 0 spiro atoms. The average molecular weight is 159 g/mol. The topological polar surface area (TPSA) is 55.4 Å². The maximum atomic E-state index is 10.6. The van der Waals surface area contributed by atoms with Gasteiger partial charge in [-0.15, -0.1) is 0 Å². The number of alkyl carbamates (subject to hydrolysis) is 1. The number of aldehydes is 1. The number of nitrogens with one attached hydrogen (secondary N) is 1. The molecule has 0 saturated heterocycles. The molecule has 0 aromatic carbocycles. The Morgan fingerprint density at radius 2 is 2.36 bits per heavy atom. The van der Waals surface area contributed by atoms with Crippen LogP contribution in [0.25, 0.3) is 0 Å². The van der Waals surface area contributed by atoms with Crippen LogP contribution in [0.4, 0.5) is 4.79 Å². The summed E-state index contributed by atoms with van der Waals surface area (Å²) in [6.45, 7) is 2.46. The monoisotopic (exact) mass is 159 g/mol. The number of carbonyl (C=O) groups excluding carboxylic acids is 2. The third kappa shape index (κ3) is 6.83. The minimum Gasteiger partial charge on any atom is -0.442 e. The molecule has 0 aromatic rings. The van der Waals surface area contributed by atoms with Crippen LogP contribution in [0.1, 0.15) is 19.8 Å². The summed E-state index contributed by atoms with van der Waals surface area (Å²) in [5.41, 5.74) is 0. The molecule has 0 unspecified atom stereocenters. The number of hydrogen-bond donors (Lipinski definition) is 1. The normalized spacial score (nSPS) is 8.82. The van der Waals surface area contributed by atoms with Crippen molar-refractivity contribution in [2.24, 2.45) is 0 Å². The van der Waals surface area contributed by atoms with Gasteiger partial charge in [-0.2, -0.15) is 0 Å². The first-order valence-electron chi connectivity index (χ1n) is 3.65. The van der Waals surface area contributed by atoms with E-state index in [9.17, 15) is 9.59 Å². The van der Waals surface area contributed by atoms with E-state index in [-0.39, 0.29) is 6.61 Å². The van der Waals surface area contributed by atoms with Gasteiger partial charge in [-0.3, -0.25) is 4.79 Å². The van der Waals surface area contributed by atoms with E-state index in [1.165, 1.54) is 0 Å². The van der Waals surface area contributed by atoms with Crippen molar-refractivity contribution in [1.29, 1.82) is 0 Å². The summed E-state index contributed by atoms with van der Waals surface area (Å²) in [5, 5.41) is 2.50. The first-order valence-corrected chi connectivity index (χ1v) is 3.65. The number of ether oxygens (including phenoxy) is 1. The fourth-order valence-electron chi connectivity index (χ4n) is 0.528. The molecule has 0 rings (SSSR count). The highest BCUT2D eigenvalue weighted by Crippen LogP contribution is 1.83. The van der Waals surface area contributed by atoms with Crippen LogP contribution in [0.3, 0.4) is 0 Å². The van der Waals surface area contributed by atoms with Crippen LogP contribution in [0.5, 0.6) is 0 Å². The number of amides is 1. The highest BCUT2D eigenvalue weighted by atomic mass is 16.5. The minimum absolute atomic E-state index is 0.169. The third-order valence-corrected chi connectivity index (χ3v) is 1.08. The van der Waals surface area contributed by atoms with Gasteiger partial charge in [0.25, 0.3) is 0 Å². The molecular formula is C7H13NO3. The Kier molecular flexibility index (Phi) is 6.37. The van der Waals surface area contributed by atoms with Crippen LogP contribution >= 0.6 is 0 Å². The second kappa shape index (κ2) is 7.05. The number of hydrogen-bond acceptors (Lipinski definition) is 3. The molecule has 1 N–H and O–H groups in total. The summed E-state index contributed by atoms with van der Waals surface area (Å²) in [4.78, 5) is 20.3. The molecule has 0 heterocycles. The summed E-state index contributed by atoms with van der Waals surface area (Å²) in [6, 6.07) is 0. The lowest BCUT2D eigenvalue weighted by molar-refractivity contribution is -0.110. The third-order valence-electron chi connectivity index (χ3n) is 1.08. The van der Waals surface area contributed by atoms with Gasteiger partial charge >= 0.3 is 6.09 Å². The quantitative estimate of drug-likeness (QED) is 0.475. The second-order valence-corrected chi connectivity index (χ2v) is 2.05. The summed E-state index contributed by atoms with van der Waals surface area (Å²) in [6.07, 6.45) is 1.97. The predicted octanol–water partition coefficient (Wildman–Crippen LogP) is 0.712. The van der Waals surface area contributed by atoms with Crippen molar-refractivity contribution in [2.75, 3.05) is 13.2 Å². The zero-order chi connectivity index (χ0) is 8.53. The van der Waals surface area contributed by atoms with E-state index < -0.39 is 6.09 Å². The van der Waals surface area contributed by atoms with Crippen molar-refractivity contribution in [3.63, 3.8) is 0 Å². The van der Waals surface area contributed by atoms with Crippen LogP contribution in [-0.2, 0) is 9.53 Å². The lowest BCUT2D eigenvalue weighted by atomic mass is 10.3. The van der Waals surface area contributed by atoms with Gasteiger partial charge in [0.2, 0.25) is 0 Å². The molecule has 0 saturated carbocycles. The Bertz CT molecular complexity index is 125. The summed E-state index contributed by atoms with van der Waals surface area (Å²) >= 11 is 0. The molecule has 4 nitrogen and oxygen atoms in total. The first kappa shape index (κ1) is 9.94. The van der Waals surface area contributed by atoms with Crippen molar-refractivity contribution < 1.29 is 14.3 Å². The second-order valence-electron chi connectivity index (χ2n) is 2.05. The summed E-state index contributed by atoms with van der Waals surface area (Å²) < 4.78 is 4.42. The van der Waals surface area contributed by atoms with Gasteiger partial charge in [0.05, 0.1) is 0 Å². The molecule has 0 aliphatic carbocycles. The zero-order valence-corrected chi connectivity index (χ0v) is 6.63. The Balaban J connectivity index is 3.15. The lowest BCUT2D eigenvalue weighted by Crippen LogP contribution is -2.25.